The number of rotatable bonds is 4. The molecule has 0 saturated carbocycles. The number of para-hydroxylation sites is 2. The molecule has 0 radical (unpaired) electrons. The minimum atomic E-state index is -1.11. The summed E-state index contributed by atoms with van der Waals surface area (Å²) in [4.78, 5) is 27.2. The first-order valence-corrected chi connectivity index (χ1v) is 9.34. The van der Waals surface area contributed by atoms with Crippen LogP contribution in [0.2, 0.25) is 0 Å². The molecule has 0 N–H and O–H groups in total. The second kappa shape index (κ2) is 6.54. The lowest BCUT2D eigenvalue weighted by Crippen LogP contribution is -2.44. The summed E-state index contributed by atoms with van der Waals surface area (Å²) in [7, 11) is 0. The van der Waals surface area contributed by atoms with E-state index in [2.05, 4.69) is 0 Å². The molecule has 0 saturated heterocycles. The quantitative estimate of drug-likeness (QED) is 0.460. The summed E-state index contributed by atoms with van der Waals surface area (Å²) in [5.41, 5.74) is 0.557. The molecule has 4 aromatic rings. The first-order valence-electron chi connectivity index (χ1n) is 9.34. The molecule has 2 aromatic carbocycles. The van der Waals surface area contributed by atoms with Crippen molar-refractivity contribution in [2.24, 2.45) is 5.41 Å². The van der Waals surface area contributed by atoms with E-state index in [1.165, 1.54) is 0 Å². The monoisotopic (exact) mass is 358 g/mol. The zero-order valence-corrected chi connectivity index (χ0v) is 15.6. The van der Waals surface area contributed by atoms with E-state index in [-0.39, 0.29) is 11.8 Å². The van der Waals surface area contributed by atoms with Crippen molar-refractivity contribution in [2.75, 3.05) is 0 Å². The SMILES string of the molecule is CCC(CC)(C(=O)n1ccc2ccccc21)C(=O)n1ccc2ccccc21. The van der Waals surface area contributed by atoms with Crippen molar-refractivity contribution >= 4 is 33.6 Å². The molecule has 2 heterocycles. The Morgan fingerprint density at radius 1 is 0.704 bits per heavy atom. The van der Waals surface area contributed by atoms with Gasteiger partial charge in [0.1, 0.15) is 5.41 Å². The minimum Gasteiger partial charge on any atom is -0.286 e. The highest BCUT2D eigenvalue weighted by Crippen LogP contribution is 2.34. The van der Waals surface area contributed by atoms with Gasteiger partial charge in [0.2, 0.25) is 11.8 Å². The van der Waals surface area contributed by atoms with Gasteiger partial charge < -0.3 is 0 Å². The predicted molar refractivity (Wildman–Crippen MR) is 108 cm³/mol. The summed E-state index contributed by atoms with van der Waals surface area (Å²) >= 11 is 0. The van der Waals surface area contributed by atoms with Crippen LogP contribution in [0, 0.1) is 5.41 Å². The van der Waals surface area contributed by atoms with Crippen LogP contribution in [0.3, 0.4) is 0 Å². The van der Waals surface area contributed by atoms with Crippen molar-refractivity contribution in [1.29, 1.82) is 0 Å². The first-order chi connectivity index (χ1) is 13.1. The number of nitrogens with zero attached hydrogens (tertiary/aromatic N) is 2. The fourth-order valence-corrected chi connectivity index (χ4v) is 3.93. The fourth-order valence-electron chi connectivity index (χ4n) is 3.93. The lowest BCUT2D eigenvalue weighted by molar-refractivity contribution is 0.0538. The third kappa shape index (κ3) is 2.52. The average molecular weight is 358 g/mol. The van der Waals surface area contributed by atoms with Gasteiger partial charge in [0.05, 0.1) is 11.0 Å². The van der Waals surface area contributed by atoms with Crippen LogP contribution in [-0.2, 0) is 0 Å². The van der Waals surface area contributed by atoms with E-state index in [0.717, 1.165) is 21.8 Å². The zero-order valence-electron chi connectivity index (χ0n) is 15.6. The molecule has 0 bridgehead atoms. The van der Waals surface area contributed by atoms with Gasteiger partial charge in [0.15, 0.2) is 0 Å². The molecule has 0 amide bonds. The summed E-state index contributed by atoms with van der Waals surface area (Å²) in [5, 5.41) is 1.98. The number of hydrogen-bond donors (Lipinski definition) is 0. The number of carbonyl (C=O) groups is 2. The minimum absolute atomic E-state index is 0.170. The number of benzene rings is 2. The van der Waals surface area contributed by atoms with Crippen LogP contribution in [-0.4, -0.2) is 20.9 Å². The van der Waals surface area contributed by atoms with Crippen LogP contribution >= 0.6 is 0 Å². The van der Waals surface area contributed by atoms with Crippen molar-refractivity contribution in [3.8, 4) is 0 Å². The summed E-state index contributed by atoms with van der Waals surface area (Å²) in [6.45, 7) is 3.83. The highest BCUT2D eigenvalue weighted by atomic mass is 16.2. The molecule has 0 unspecified atom stereocenters. The van der Waals surface area contributed by atoms with Crippen molar-refractivity contribution in [2.45, 2.75) is 26.7 Å². The molecule has 4 heteroatoms. The van der Waals surface area contributed by atoms with E-state index in [1.807, 2.05) is 74.5 Å². The third-order valence-corrected chi connectivity index (χ3v) is 5.66. The largest absolute Gasteiger partial charge is 0.286 e. The maximum atomic E-state index is 13.6. The topological polar surface area (TPSA) is 44.0 Å². The normalized spacial score (nSPS) is 11.9. The Bertz CT molecular complexity index is 1060. The molecule has 0 spiro atoms. The maximum absolute atomic E-state index is 13.6. The zero-order chi connectivity index (χ0) is 19.0. The lowest BCUT2D eigenvalue weighted by Gasteiger charge is -2.29. The van der Waals surface area contributed by atoms with Gasteiger partial charge in [-0.15, -0.1) is 0 Å². The van der Waals surface area contributed by atoms with Gasteiger partial charge in [0.25, 0.3) is 0 Å². The summed E-state index contributed by atoms with van der Waals surface area (Å²) in [6.07, 6.45) is 4.43. The summed E-state index contributed by atoms with van der Waals surface area (Å²) in [6, 6.07) is 19.3. The van der Waals surface area contributed by atoms with Crippen molar-refractivity contribution in [1.82, 2.24) is 9.13 Å². The van der Waals surface area contributed by atoms with Crippen molar-refractivity contribution < 1.29 is 9.59 Å². The molecule has 0 aliphatic heterocycles. The fraction of sp³-hybridized carbons (Fsp3) is 0.217. The molecule has 2 aromatic heterocycles. The van der Waals surface area contributed by atoms with E-state index in [9.17, 15) is 9.59 Å². The molecule has 27 heavy (non-hydrogen) atoms. The smallest absolute Gasteiger partial charge is 0.246 e. The molecule has 0 atom stereocenters. The van der Waals surface area contributed by atoms with Gasteiger partial charge >= 0.3 is 0 Å². The van der Waals surface area contributed by atoms with Crippen LogP contribution < -0.4 is 0 Å². The Kier molecular flexibility index (Phi) is 4.19. The van der Waals surface area contributed by atoms with Crippen LogP contribution in [0.4, 0.5) is 0 Å². The molecule has 0 aliphatic carbocycles. The molecular weight excluding hydrogens is 336 g/mol. The Hall–Kier alpha value is -3.14. The molecular formula is C23H22N2O2. The second-order valence-electron chi connectivity index (χ2n) is 6.89. The molecule has 4 rings (SSSR count). The standard InChI is InChI=1S/C23H22N2O2/c1-3-23(4-2,21(26)24-15-13-17-9-5-7-11-19(17)24)22(27)25-16-14-18-10-6-8-12-20(18)25/h5-16H,3-4H2,1-2H3. The van der Waals surface area contributed by atoms with Gasteiger partial charge in [-0.05, 0) is 37.1 Å². The first kappa shape index (κ1) is 17.3. The van der Waals surface area contributed by atoms with Gasteiger partial charge in [0, 0.05) is 23.2 Å². The number of aromatic nitrogens is 2. The van der Waals surface area contributed by atoms with Crippen molar-refractivity contribution in [3.63, 3.8) is 0 Å². The Morgan fingerprint density at radius 3 is 1.52 bits per heavy atom. The Labute approximate surface area is 158 Å². The van der Waals surface area contributed by atoms with Crippen molar-refractivity contribution in [3.05, 3.63) is 73.1 Å². The third-order valence-electron chi connectivity index (χ3n) is 5.66. The van der Waals surface area contributed by atoms with Crippen LogP contribution in [0.15, 0.2) is 73.1 Å². The van der Waals surface area contributed by atoms with Gasteiger partial charge in [-0.2, -0.15) is 0 Å². The Morgan fingerprint density at radius 2 is 1.11 bits per heavy atom. The predicted octanol–water partition coefficient (Wildman–Crippen LogP) is 5.38. The number of hydrogen-bond acceptors (Lipinski definition) is 2. The molecule has 0 aliphatic rings. The van der Waals surface area contributed by atoms with Gasteiger partial charge in [-0.1, -0.05) is 50.2 Å². The van der Waals surface area contributed by atoms with Crippen LogP contribution in [0.25, 0.3) is 21.8 Å². The molecule has 0 fully saturated rings. The Balaban J connectivity index is 1.85. The average Bonchev–Trinajstić information content (AvgIpc) is 3.33. The van der Waals surface area contributed by atoms with E-state index >= 15 is 0 Å². The van der Waals surface area contributed by atoms with E-state index < -0.39 is 5.41 Å². The van der Waals surface area contributed by atoms with E-state index in [0.29, 0.717) is 12.8 Å². The highest BCUT2D eigenvalue weighted by molar-refractivity contribution is 6.11. The summed E-state index contributed by atoms with van der Waals surface area (Å²) < 4.78 is 3.26. The maximum Gasteiger partial charge on any atom is 0.246 e. The van der Waals surface area contributed by atoms with E-state index in [1.54, 1.807) is 21.5 Å². The van der Waals surface area contributed by atoms with Crippen LogP contribution in [0.5, 0.6) is 0 Å². The lowest BCUT2D eigenvalue weighted by atomic mass is 9.80. The number of fused-ring (bicyclic) bond motifs is 2. The molecule has 136 valence electrons. The van der Waals surface area contributed by atoms with E-state index in [4.69, 9.17) is 0 Å². The van der Waals surface area contributed by atoms with Gasteiger partial charge in [-0.3, -0.25) is 18.7 Å². The molecule has 4 nitrogen and oxygen atoms in total. The van der Waals surface area contributed by atoms with Gasteiger partial charge in [-0.25, -0.2) is 0 Å². The highest BCUT2D eigenvalue weighted by Gasteiger charge is 2.44. The second-order valence-corrected chi connectivity index (χ2v) is 6.89. The van der Waals surface area contributed by atoms with Crippen LogP contribution in [0.1, 0.15) is 36.3 Å². The number of carbonyl (C=O) groups excluding carboxylic acids is 2. The summed E-state index contributed by atoms with van der Waals surface area (Å²) in [5.74, 6) is -0.340.